The van der Waals surface area contributed by atoms with Crippen LogP contribution in [0.1, 0.15) is 46.5 Å². The summed E-state index contributed by atoms with van der Waals surface area (Å²) in [6.07, 6.45) is 2.20. The molecule has 4 nitrogen and oxygen atoms in total. The normalized spacial score (nSPS) is 12.6. The first-order valence-corrected chi connectivity index (χ1v) is 5.78. The summed E-state index contributed by atoms with van der Waals surface area (Å²) >= 11 is 5.18. The molecule has 0 fully saturated rings. The molecule has 0 atom stereocenters. The SMILES string of the molecule is CC(C)(C)OC([O-])=NCCCCCC(=O)Cl. The molecule has 0 heterocycles. The van der Waals surface area contributed by atoms with Crippen LogP contribution >= 0.6 is 11.6 Å². The van der Waals surface area contributed by atoms with Gasteiger partial charge in [0.05, 0.1) is 0 Å². The van der Waals surface area contributed by atoms with Gasteiger partial charge in [0.25, 0.3) is 0 Å². The molecule has 0 saturated heterocycles. The average molecular weight is 249 g/mol. The standard InChI is InChI=1S/C11H20ClNO3/c1-11(2,3)16-10(15)13-8-6-4-5-7-9(12)14/h4-8H2,1-3H3,(H,13,15)/p-1. The van der Waals surface area contributed by atoms with E-state index in [-0.39, 0.29) is 5.24 Å². The molecule has 0 unspecified atom stereocenters. The van der Waals surface area contributed by atoms with E-state index in [0.717, 1.165) is 19.3 Å². The molecule has 0 bridgehead atoms. The van der Waals surface area contributed by atoms with E-state index in [1.54, 1.807) is 20.8 Å². The van der Waals surface area contributed by atoms with Crippen molar-refractivity contribution in [2.24, 2.45) is 4.99 Å². The summed E-state index contributed by atoms with van der Waals surface area (Å²) in [5.74, 6) is 0. The molecule has 0 amide bonds. The Morgan fingerprint density at radius 2 is 1.94 bits per heavy atom. The lowest BCUT2D eigenvalue weighted by molar-refractivity contribution is -0.260. The molecule has 0 aromatic rings. The monoisotopic (exact) mass is 248 g/mol. The molecule has 0 rings (SSSR count). The fourth-order valence-electron chi connectivity index (χ4n) is 1.02. The first kappa shape index (κ1) is 15.2. The highest BCUT2D eigenvalue weighted by Gasteiger charge is 2.03. The lowest BCUT2D eigenvalue weighted by Crippen LogP contribution is -2.32. The Kier molecular flexibility index (Phi) is 7.13. The van der Waals surface area contributed by atoms with Gasteiger partial charge in [0, 0.05) is 18.6 Å². The average Bonchev–Trinajstić information content (AvgIpc) is 2.07. The summed E-state index contributed by atoms with van der Waals surface area (Å²) < 4.78 is 5.00. The zero-order chi connectivity index (χ0) is 12.6. The van der Waals surface area contributed by atoms with E-state index in [1.807, 2.05) is 0 Å². The number of carbonyl (C=O) groups is 1. The Hall–Kier alpha value is -0.770. The maximum atomic E-state index is 11.1. The number of aliphatic imine (C=N–C) groups is 1. The Bertz CT molecular complexity index is 246. The summed E-state index contributed by atoms with van der Waals surface area (Å²) in [7, 11) is 0. The molecule has 5 heteroatoms. The van der Waals surface area contributed by atoms with Gasteiger partial charge in [-0.15, -0.1) is 0 Å². The third-order valence-corrected chi connectivity index (χ3v) is 1.85. The van der Waals surface area contributed by atoms with Gasteiger partial charge >= 0.3 is 0 Å². The maximum absolute atomic E-state index is 11.1. The fourth-order valence-corrected chi connectivity index (χ4v) is 1.15. The largest absolute Gasteiger partial charge is 0.595 e. The van der Waals surface area contributed by atoms with E-state index in [2.05, 4.69) is 4.99 Å². The van der Waals surface area contributed by atoms with Crippen LogP contribution in [-0.4, -0.2) is 23.5 Å². The lowest BCUT2D eigenvalue weighted by atomic mass is 10.2. The third-order valence-electron chi connectivity index (χ3n) is 1.67. The minimum atomic E-state index is -0.527. The molecule has 0 aliphatic carbocycles. The number of hydrogen-bond acceptors (Lipinski definition) is 4. The summed E-state index contributed by atoms with van der Waals surface area (Å²) in [6.45, 7) is 5.83. The smallest absolute Gasteiger partial charge is 0.221 e. The topological polar surface area (TPSA) is 61.7 Å². The molecule has 0 saturated carbocycles. The number of unbranched alkanes of at least 4 members (excludes halogenated alkanes) is 2. The number of hydrogen-bond donors (Lipinski definition) is 0. The molecular weight excluding hydrogens is 230 g/mol. The van der Waals surface area contributed by atoms with Crippen molar-refractivity contribution in [3.05, 3.63) is 0 Å². The van der Waals surface area contributed by atoms with Crippen molar-refractivity contribution in [3.63, 3.8) is 0 Å². The van der Waals surface area contributed by atoms with Gasteiger partial charge in [-0.25, -0.2) is 0 Å². The van der Waals surface area contributed by atoms with Crippen molar-refractivity contribution in [2.75, 3.05) is 6.54 Å². The van der Waals surface area contributed by atoms with Gasteiger partial charge in [0.15, 0.2) is 0 Å². The van der Waals surface area contributed by atoms with Crippen LogP contribution in [0.4, 0.5) is 0 Å². The number of carbonyl (C=O) groups excluding carboxylic acids is 1. The quantitative estimate of drug-likeness (QED) is 0.312. The van der Waals surface area contributed by atoms with Crippen LogP contribution in [0.2, 0.25) is 0 Å². The van der Waals surface area contributed by atoms with Gasteiger partial charge < -0.3 is 9.84 Å². The van der Waals surface area contributed by atoms with Crippen molar-refractivity contribution in [1.82, 2.24) is 0 Å². The van der Waals surface area contributed by atoms with Crippen molar-refractivity contribution in [2.45, 2.75) is 52.1 Å². The first-order chi connectivity index (χ1) is 7.31. The van der Waals surface area contributed by atoms with E-state index >= 15 is 0 Å². The second-order valence-corrected chi connectivity index (χ2v) is 4.95. The Labute approximate surface area is 102 Å². The highest BCUT2D eigenvalue weighted by molar-refractivity contribution is 6.63. The second kappa shape index (κ2) is 7.49. The van der Waals surface area contributed by atoms with E-state index in [9.17, 15) is 9.90 Å². The number of halogens is 1. The molecular formula is C11H19ClNO3-. The Morgan fingerprint density at radius 1 is 1.31 bits per heavy atom. The molecule has 0 aromatic carbocycles. The molecule has 94 valence electrons. The Morgan fingerprint density at radius 3 is 2.44 bits per heavy atom. The number of nitrogens with zero attached hydrogens (tertiary/aromatic N) is 1. The van der Waals surface area contributed by atoms with E-state index in [4.69, 9.17) is 16.3 Å². The number of rotatable bonds is 6. The first-order valence-electron chi connectivity index (χ1n) is 5.40. The van der Waals surface area contributed by atoms with Crippen LogP contribution in [0, 0.1) is 0 Å². The third kappa shape index (κ3) is 11.3. The van der Waals surface area contributed by atoms with Crippen LogP contribution in [-0.2, 0) is 9.53 Å². The summed E-state index contributed by atoms with van der Waals surface area (Å²) in [5.41, 5.74) is -0.494. The van der Waals surface area contributed by atoms with E-state index < -0.39 is 11.7 Å². The highest BCUT2D eigenvalue weighted by Crippen LogP contribution is 2.06. The summed E-state index contributed by atoms with van der Waals surface area (Å²) in [4.78, 5) is 14.2. The van der Waals surface area contributed by atoms with Crippen LogP contribution < -0.4 is 5.11 Å². The van der Waals surface area contributed by atoms with Gasteiger partial charge in [-0.3, -0.25) is 9.79 Å². The van der Waals surface area contributed by atoms with Crippen LogP contribution in [0.15, 0.2) is 4.99 Å². The van der Waals surface area contributed by atoms with Gasteiger partial charge in [-0.1, -0.05) is 27.2 Å². The minimum Gasteiger partial charge on any atom is -0.595 e. The van der Waals surface area contributed by atoms with Gasteiger partial charge in [0.1, 0.15) is 6.08 Å². The molecule has 0 aliphatic rings. The van der Waals surface area contributed by atoms with Crippen LogP contribution in [0.5, 0.6) is 0 Å². The fraction of sp³-hybridized carbons (Fsp3) is 0.818. The van der Waals surface area contributed by atoms with Crippen molar-refractivity contribution in [1.29, 1.82) is 0 Å². The molecule has 0 spiro atoms. The zero-order valence-electron chi connectivity index (χ0n) is 10.1. The molecule has 0 aromatic heterocycles. The van der Waals surface area contributed by atoms with Gasteiger partial charge in [0.2, 0.25) is 5.24 Å². The minimum absolute atomic E-state index is 0.316. The number of ether oxygens (including phenoxy) is 1. The summed E-state index contributed by atoms with van der Waals surface area (Å²) in [6, 6.07) is 0. The second-order valence-electron chi connectivity index (χ2n) is 4.53. The van der Waals surface area contributed by atoms with Crippen molar-refractivity contribution >= 4 is 22.9 Å². The molecule has 0 aliphatic heterocycles. The predicted octanol–water partition coefficient (Wildman–Crippen LogP) is 1.84. The van der Waals surface area contributed by atoms with Crippen LogP contribution in [0.3, 0.4) is 0 Å². The van der Waals surface area contributed by atoms with Crippen LogP contribution in [0.25, 0.3) is 0 Å². The van der Waals surface area contributed by atoms with Gasteiger partial charge in [-0.05, 0) is 24.4 Å². The van der Waals surface area contributed by atoms with E-state index in [1.165, 1.54) is 0 Å². The highest BCUT2D eigenvalue weighted by atomic mass is 35.5. The molecule has 0 N–H and O–H groups in total. The van der Waals surface area contributed by atoms with Gasteiger partial charge in [-0.2, -0.15) is 0 Å². The Balaban J connectivity index is 3.56. The van der Waals surface area contributed by atoms with Crippen molar-refractivity contribution < 1.29 is 14.6 Å². The maximum Gasteiger partial charge on any atom is 0.221 e. The summed E-state index contributed by atoms with van der Waals surface area (Å²) in [5, 5.41) is 10.8. The molecule has 16 heavy (non-hydrogen) atoms. The van der Waals surface area contributed by atoms with Crippen molar-refractivity contribution in [3.8, 4) is 0 Å². The predicted molar refractivity (Wildman–Crippen MR) is 62.5 cm³/mol. The zero-order valence-corrected chi connectivity index (χ0v) is 10.8. The molecule has 0 radical (unpaired) electrons. The van der Waals surface area contributed by atoms with E-state index in [0.29, 0.717) is 13.0 Å². The lowest BCUT2D eigenvalue weighted by Gasteiger charge is -2.29.